The largest absolute Gasteiger partial charge is 0.305 e. The highest BCUT2D eigenvalue weighted by molar-refractivity contribution is 7.09. The zero-order valence-corrected chi connectivity index (χ0v) is 10.7. The third kappa shape index (κ3) is 2.08. The molecule has 1 N–H and O–H groups in total. The molecule has 0 aromatic carbocycles. The SMILES string of the molecule is CCCNC1(c2nc(C)cs2)CC(C)C1. The predicted molar refractivity (Wildman–Crippen MR) is 65.2 cm³/mol. The van der Waals surface area contributed by atoms with Crippen molar-refractivity contribution in [1.29, 1.82) is 0 Å². The Morgan fingerprint density at radius 1 is 1.60 bits per heavy atom. The smallest absolute Gasteiger partial charge is 0.113 e. The average Bonchev–Trinajstić information content (AvgIpc) is 2.58. The van der Waals surface area contributed by atoms with E-state index in [-0.39, 0.29) is 5.54 Å². The molecule has 3 heteroatoms. The summed E-state index contributed by atoms with van der Waals surface area (Å²) in [5.41, 5.74) is 1.38. The highest BCUT2D eigenvalue weighted by Gasteiger charge is 2.44. The summed E-state index contributed by atoms with van der Waals surface area (Å²) in [6.07, 6.45) is 3.69. The minimum atomic E-state index is 0.217. The van der Waals surface area contributed by atoms with Gasteiger partial charge in [-0.3, -0.25) is 0 Å². The van der Waals surface area contributed by atoms with Crippen LogP contribution in [0.4, 0.5) is 0 Å². The van der Waals surface area contributed by atoms with Crippen LogP contribution >= 0.6 is 11.3 Å². The number of nitrogens with one attached hydrogen (secondary N) is 1. The van der Waals surface area contributed by atoms with Gasteiger partial charge >= 0.3 is 0 Å². The predicted octanol–water partition coefficient (Wildman–Crippen LogP) is 3.08. The molecule has 15 heavy (non-hydrogen) atoms. The van der Waals surface area contributed by atoms with Crippen LogP contribution in [0.2, 0.25) is 0 Å². The zero-order chi connectivity index (χ0) is 10.9. The lowest BCUT2D eigenvalue weighted by atomic mass is 9.69. The molecule has 1 saturated carbocycles. The highest BCUT2D eigenvalue weighted by atomic mass is 32.1. The van der Waals surface area contributed by atoms with Gasteiger partial charge in [-0.25, -0.2) is 4.98 Å². The van der Waals surface area contributed by atoms with Crippen LogP contribution in [0.5, 0.6) is 0 Å². The minimum Gasteiger partial charge on any atom is -0.305 e. The normalized spacial score (nSPS) is 30.2. The van der Waals surface area contributed by atoms with E-state index >= 15 is 0 Å². The minimum absolute atomic E-state index is 0.217. The molecule has 0 spiro atoms. The van der Waals surface area contributed by atoms with Crippen LogP contribution in [0.3, 0.4) is 0 Å². The van der Waals surface area contributed by atoms with E-state index in [2.05, 4.69) is 36.5 Å². The van der Waals surface area contributed by atoms with Crippen molar-refractivity contribution in [3.63, 3.8) is 0 Å². The lowest BCUT2D eigenvalue weighted by Gasteiger charge is -2.46. The summed E-state index contributed by atoms with van der Waals surface area (Å²) in [6, 6.07) is 0. The van der Waals surface area contributed by atoms with Crippen molar-refractivity contribution in [2.45, 2.75) is 45.6 Å². The maximum Gasteiger partial charge on any atom is 0.113 e. The number of hydrogen-bond donors (Lipinski definition) is 1. The lowest BCUT2D eigenvalue weighted by molar-refractivity contribution is 0.114. The molecule has 0 bridgehead atoms. The molecule has 1 aromatic heterocycles. The van der Waals surface area contributed by atoms with Crippen molar-refractivity contribution >= 4 is 11.3 Å². The van der Waals surface area contributed by atoms with Gasteiger partial charge in [-0.15, -0.1) is 11.3 Å². The van der Waals surface area contributed by atoms with E-state index in [1.807, 2.05) is 11.3 Å². The fourth-order valence-corrected chi connectivity index (χ4v) is 3.46. The number of hydrogen-bond acceptors (Lipinski definition) is 3. The topological polar surface area (TPSA) is 24.9 Å². The molecule has 84 valence electrons. The summed E-state index contributed by atoms with van der Waals surface area (Å²) in [7, 11) is 0. The van der Waals surface area contributed by atoms with Crippen LogP contribution in [-0.2, 0) is 5.54 Å². The standard InChI is InChI=1S/C12H20N2S/c1-4-5-13-12(6-9(2)7-12)11-14-10(3)8-15-11/h8-9,13H,4-7H2,1-3H3. The van der Waals surface area contributed by atoms with Crippen LogP contribution in [0.25, 0.3) is 0 Å². The van der Waals surface area contributed by atoms with E-state index in [1.165, 1.54) is 24.3 Å². The van der Waals surface area contributed by atoms with E-state index < -0.39 is 0 Å². The monoisotopic (exact) mass is 224 g/mol. The average molecular weight is 224 g/mol. The van der Waals surface area contributed by atoms with Gasteiger partial charge in [0.05, 0.1) is 5.54 Å². The fourth-order valence-electron chi connectivity index (χ4n) is 2.46. The summed E-state index contributed by atoms with van der Waals surface area (Å²) in [5.74, 6) is 0.846. The quantitative estimate of drug-likeness (QED) is 0.850. The molecule has 2 rings (SSSR count). The first-order valence-electron chi connectivity index (χ1n) is 5.84. The Morgan fingerprint density at radius 2 is 2.33 bits per heavy atom. The third-order valence-corrected chi connectivity index (χ3v) is 4.30. The van der Waals surface area contributed by atoms with Gasteiger partial charge < -0.3 is 5.32 Å². The molecule has 0 atom stereocenters. The molecule has 1 aliphatic carbocycles. The van der Waals surface area contributed by atoms with E-state index in [1.54, 1.807) is 0 Å². The van der Waals surface area contributed by atoms with Gasteiger partial charge in [-0.2, -0.15) is 0 Å². The molecule has 1 fully saturated rings. The van der Waals surface area contributed by atoms with Crippen molar-refractivity contribution in [3.05, 3.63) is 16.1 Å². The van der Waals surface area contributed by atoms with E-state index in [9.17, 15) is 0 Å². The molecular formula is C12H20N2S. The van der Waals surface area contributed by atoms with Gasteiger partial charge in [0.2, 0.25) is 0 Å². The molecule has 0 unspecified atom stereocenters. The Hall–Kier alpha value is -0.410. The first-order chi connectivity index (χ1) is 7.16. The summed E-state index contributed by atoms with van der Waals surface area (Å²) in [4.78, 5) is 4.65. The molecule has 0 radical (unpaired) electrons. The summed E-state index contributed by atoms with van der Waals surface area (Å²) >= 11 is 1.81. The van der Waals surface area contributed by atoms with Gasteiger partial charge in [0.1, 0.15) is 5.01 Å². The van der Waals surface area contributed by atoms with E-state index in [0.717, 1.165) is 18.2 Å². The highest BCUT2D eigenvalue weighted by Crippen LogP contribution is 2.46. The number of aryl methyl sites for hydroxylation is 1. The number of thiazole rings is 1. The second-order valence-electron chi connectivity index (χ2n) is 4.82. The van der Waals surface area contributed by atoms with Crippen LogP contribution in [0, 0.1) is 12.8 Å². The Labute approximate surface area is 96.1 Å². The molecule has 0 saturated heterocycles. The van der Waals surface area contributed by atoms with Gasteiger partial charge in [-0.1, -0.05) is 13.8 Å². The fraction of sp³-hybridized carbons (Fsp3) is 0.750. The number of aromatic nitrogens is 1. The van der Waals surface area contributed by atoms with Gasteiger partial charge in [0.25, 0.3) is 0 Å². The molecule has 1 heterocycles. The van der Waals surface area contributed by atoms with Crippen LogP contribution in [-0.4, -0.2) is 11.5 Å². The van der Waals surface area contributed by atoms with Crippen LogP contribution in [0.15, 0.2) is 5.38 Å². The van der Waals surface area contributed by atoms with Gasteiger partial charge in [-0.05, 0) is 38.6 Å². The Kier molecular flexibility index (Phi) is 3.12. The van der Waals surface area contributed by atoms with Crippen molar-refractivity contribution in [1.82, 2.24) is 10.3 Å². The molecular weight excluding hydrogens is 204 g/mol. The third-order valence-electron chi connectivity index (χ3n) is 3.14. The molecule has 0 amide bonds. The second kappa shape index (κ2) is 4.22. The summed E-state index contributed by atoms with van der Waals surface area (Å²) in [6.45, 7) is 7.73. The summed E-state index contributed by atoms with van der Waals surface area (Å²) in [5, 5.41) is 7.15. The number of nitrogens with zero attached hydrogens (tertiary/aromatic N) is 1. The second-order valence-corrected chi connectivity index (χ2v) is 5.67. The summed E-state index contributed by atoms with van der Waals surface area (Å²) < 4.78 is 0. The zero-order valence-electron chi connectivity index (χ0n) is 9.84. The molecule has 2 nitrogen and oxygen atoms in total. The maximum atomic E-state index is 4.65. The molecule has 1 aromatic rings. The van der Waals surface area contributed by atoms with Crippen LogP contribution < -0.4 is 5.32 Å². The van der Waals surface area contributed by atoms with E-state index in [0.29, 0.717) is 0 Å². The van der Waals surface area contributed by atoms with Crippen molar-refractivity contribution in [2.75, 3.05) is 6.54 Å². The van der Waals surface area contributed by atoms with Crippen molar-refractivity contribution < 1.29 is 0 Å². The number of rotatable bonds is 4. The van der Waals surface area contributed by atoms with Crippen LogP contribution in [0.1, 0.15) is 43.8 Å². The maximum absolute atomic E-state index is 4.65. The van der Waals surface area contributed by atoms with Crippen molar-refractivity contribution in [2.24, 2.45) is 5.92 Å². The Morgan fingerprint density at radius 3 is 2.80 bits per heavy atom. The molecule has 0 aliphatic heterocycles. The van der Waals surface area contributed by atoms with Crippen molar-refractivity contribution in [3.8, 4) is 0 Å². The first-order valence-corrected chi connectivity index (χ1v) is 6.72. The Balaban J connectivity index is 2.13. The van der Waals surface area contributed by atoms with Gasteiger partial charge in [0, 0.05) is 11.1 Å². The first kappa shape index (κ1) is 11.1. The Bertz CT molecular complexity index is 326. The van der Waals surface area contributed by atoms with Gasteiger partial charge in [0.15, 0.2) is 0 Å². The molecule has 1 aliphatic rings. The lowest BCUT2D eigenvalue weighted by Crippen LogP contribution is -2.52. The van der Waals surface area contributed by atoms with E-state index in [4.69, 9.17) is 0 Å².